The zero-order chi connectivity index (χ0) is 55.0. The number of amides is 3. The number of hydrogen-bond acceptors (Lipinski definition) is 13. The minimum Gasteiger partial charge on any atom is -0.392 e. The molecular weight excluding hydrogens is 1010 g/mol. The molecule has 3 atom stereocenters. The molecule has 20 heteroatoms. The van der Waals surface area contributed by atoms with Gasteiger partial charge in [0.25, 0.3) is 11.8 Å². The van der Waals surface area contributed by atoms with Crippen LogP contribution in [0.1, 0.15) is 122 Å². The number of phosphoric ester groups is 1. The molecule has 6 aliphatic rings. The molecule has 3 aromatic heterocycles. The number of carbonyl (C=O) groups is 3. The van der Waals surface area contributed by atoms with Gasteiger partial charge in [-0.25, -0.2) is 19.5 Å². The average Bonchev–Trinajstić information content (AvgIpc) is 4.20. The van der Waals surface area contributed by atoms with Crippen molar-refractivity contribution in [2.24, 2.45) is 5.41 Å². The number of piperazine rings is 1. The number of aliphatic hydroxyl groups excluding tert-OH is 1. The van der Waals surface area contributed by atoms with Gasteiger partial charge in [-0.3, -0.25) is 28.7 Å². The van der Waals surface area contributed by atoms with Crippen LogP contribution in [-0.2, 0) is 46.4 Å². The van der Waals surface area contributed by atoms with Crippen LogP contribution >= 0.6 is 7.82 Å². The number of piperidine rings is 1. The summed E-state index contributed by atoms with van der Waals surface area (Å²) in [5.74, 6) is 0.287. The Bertz CT molecular complexity index is 3260. The van der Waals surface area contributed by atoms with Crippen LogP contribution in [-0.4, -0.2) is 124 Å². The van der Waals surface area contributed by atoms with E-state index in [1.807, 2.05) is 48.2 Å². The van der Waals surface area contributed by atoms with Crippen LogP contribution in [0.4, 0.5) is 34.5 Å². The van der Waals surface area contributed by atoms with Crippen LogP contribution < -0.4 is 25.3 Å². The quantitative estimate of drug-likeness (QED) is 0.0555. The number of phosphoric acid groups is 1. The molecule has 5 N–H and O–H groups in total. The van der Waals surface area contributed by atoms with Crippen LogP contribution in [0, 0.1) is 12.3 Å². The first-order chi connectivity index (χ1) is 37.2. The lowest BCUT2D eigenvalue weighted by Gasteiger charge is -2.48. The third kappa shape index (κ3) is 10.4. The van der Waals surface area contributed by atoms with Crippen molar-refractivity contribution in [2.45, 2.75) is 142 Å². The maximum absolute atomic E-state index is 14.1. The van der Waals surface area contributed by atoms with E-state index < -0.39 is 13.4 Å². The molecule has 0 bridgehead atoms. The summed E-state index contributed by atoms with van der Waals surface area (Å²) in [4.78, 5) is 84.9. The lowest BCUT2D eigenvalue weighted by Crippen LogP contribution is -2.58. The highest BCUT2D eigenvalue weighted by molar-refractivity contribution is 7.46. The topological polar surface area (TPSA) is 222 Å². The summed E-state index contributed by atoms with van der Waals surface area (Å²) in [6.45, 7) is 21.0. The first-order valence-corrected chi connectivity index (χ1v) is 29.0. The van der Waals surface area contributed by atoms with Crippen LogP contribution in [0.15, 0.2) is 73.6 Å². The van der Waals surface area contributed by atoms with Crippen molar-refractivity contribution in [3.8, 4) is 11.3 Å². The molecule has 78 heavy (non-hydrogen) atoms. The summed E-state index contributed by atoms with van der Waals surface area (Å²) in [6.07, 6.45) is 10.7. The minimum absolute atomic E-state index is 0.0102. The number of anilines is 6. The van der Waals surface area contributed by atoms with Gasteiger partial charge in [0.2, 0.25) is 11.9 Å². The number of hydrogen-bond donors (Lipinski definition) is 5. The third-order valence-electron chi connectivity index (χ3n) is 17.4. The Hall–Kier alpha value is -6.47. The monoisotopic (exact) mass is 1080 g/mol. The van der Waals surface area contributed by atoms with Gasteiger partial charge in [-0.05, 0) is 156 Å². The number of aromatic nitrogens is 4. The number of rotatable bonds is 13. The van der Waals surface area contributed by atoms with E-state index in [0.717, 1.165) is 79.9 Å². The van der Waals surface area contributed by atoms with Crippen molar-refractivity contribution in [3.05, 3.63) is 113 Å². The number of nitrogens with one attached hydrogen (secondary N) is 2. The van der Waals surface area contributed by atoms with E-state index in [0.29, 0.717) is 97.0 Å². The molecule has 3 amide bonds. The molecule has 2 aliphatic carbocycles. The molecule has 1 unspecified atom stereocenters. The van der Waals surface area contributed by atoms with E-state index in [2.05, 4.69) is 86.3 Å². The highest BCUT2D eigenvalue weighted by Crippen LogP contribution is 2.48. The van der Waals surface area contributed by atoms with Gasteiger partial charge < -0.3 is 44.8 Å². The standard InChI is InChI=1S/C58H72N11O8P/c1-8-51(71)62-47-28-40(61-56-60-31-35(2)52(63-56)45-15-19-59-53(46(45)34-70)68-24-23-67-49(55(68)73)27-38-29-57(5,6)30-50(38)67)9-12-48(47)66-22-21-64(32-37(66)4)42-16-20-65(36(3)25-42)43-10-11-44-39(26-43)33-69(54(44)72)41-13-17-58(7,18-14-41)77-78(74,75)76/h8-12,15,19,26-28,31,36-37,41-42,70H,1,13-14,16-18,20-25,29-30,32-34H2,2-7H3,(H,62,71)(H,60,61,63)(H2,74,75,76)/t36-,37-,41?,42?,58?/m0/s1. The van der Waals surface area contributed by atoms with Crippen molar-refractivity contribution >= 4 is 60.1 Å². The van der Waals surface area contributed by atoms with E-state index >= 15 is 0 Å². The molecule has 11 rings (SSSR count). The van der Waals surface area contributed by atoms with Crippen molar-refractivity contribution in [1.29, 1.82) is 0 Å². The lowest BCUT2D eigenvalue weighted by atomic mass is 9.83. The highest BCUT2D eigenvalue weighted by atomic mass is 31.2. The molecule has 1 saturated carbocycles. The fourth-order valence-corrected chi connectivity index (χ4v) is 14.3. The fraction of sp³-hybridized carbons (Fsp3) is 0.483. The molecule has 3 fully saturated rings. The van der Waals surface area contributed by atoms with Crippen LogP contribution in [0.2, 0.25) is 0 Å². The predicted molar refractivity (Wildman–Crippen MR) is 300 cm³/mol. The van der Waals surface area contributed by atoms with E-state index in [9.17, 15) is 33.8 Å². The maximum Gasteiger partial charge on any atom is 0.470 e. The van der Waals surface area contributed by atoms with Crippen molar-refractivity contribution in [3.63, 3.8) is 0 Å². The van der Waals surface area contributed by atoms with Crippen LogP contribution in [0.25, 0.3) is 11.3 Å². The molecular formula is C58H72N11O8P. The number of aryl methyl sites for hydroxylation is 1. The maximum atomic E-state index is 14.1. The zero-order valence-electron chi connectivity index (χ0n) is 45.5. The molecule has 2 aromatic carbocycles. The molecule has 2 saturated heterocycles. The van der Waals surface area contributed by atoms with Gasteiger partial charge in [-0.2, -0.15) is 0 Å². The predicted octanol–water partition coefficient (Wildman–Crippen LogP) is 8.13. The van der Waals surface area contributed by atoms with Gasteiger partial charge in [-0.1, -0.05) is 20.4 Å². The van der Waals surface area contributed by atoms with E-state index in [1.54, 1.807) is 24.2 Å². The molecule has 0 radical (unpaired) electrons. The summed E-state index contributed by atoms with van der Waals surface area (Å²) in [5, 5.41) is 17.3. The Morgan fingerprint density at radius 1 is 0.872 bits per heavy atom. The molecule has 19 nitrogen and oxygen atoms in total. The van der Waals surface area contributed by atoms with Crippen LogP contribution in [0.3, 0.4) is 0 Å². The number of carbonyl (C=O) groups excluding carboxylic acids is 3. The number of fused-ring (bicyclic) bond motifs is 4. The third-order valence-corrected chi connectivity index (χ3v) is 18.1. The van der Waals surface area contributed by atoms with Gasteiger partial charge in [0.05, 0.1) is 29.3 Å². The zero-order valence-corrected chi connectivity index (χ0v) is 46.4. The van der Waals surface area contributed by atoms with Gasteiger partial charge in [0, 0.05) is 116 Å². The average molecular weight is 1080 g/mol. The van der Waals surface area contributed by atoms with Crippen molar-refractivity contribution in [2.75, 3.05) is 58.1 Å². The Labute approximate surface area is 455 Å². The summed E-state index contributed by atoms with van der Waals surface area (Å²) in [6, 6.07) is 16.7. The van der Waals surface area contributed by atoms with Crippen LogP contribution in [0.5, 0.6) is 0 Å². The first-order valence-electron chi connectivity index (χ1n) is 27.5. The second-order valence-corrected chi connectivity index (χ2v) is 24.7. The summed E-state index contributed by atoms with van der Waals surface area (Å²) >= 11 is 0. The fourth-order valence-electron chi connectivity index (χ4n) is 13.5. The summed E-state index contributed by atoms with van der Waals surface area (Å²) < 4.78 is 18.9. The Kier molecular flexibility index (Phi) is 14.2. The lowest BCUT2D eigenvalue weighted by molar-refractivity contribution is -0.111. The summed E-state index contributed by atoms with van der Waals surface area (Å²) in [7, 11) is -4.61. The SMILES string of the molecule is C=CC(=O)Nc1cc(Nc2ncc(C)c(-c3ccnc(N4CCn5c(cc6c5CC(C)(C)C6)C4=O)c3CO)n2)ccc1N1CCN(C2CCN(c3ccc4c(c3)CN(C3CCC(C)(OP(=O)(O)O)CC3)C4=O)[C@@H](C)C2)C[C@@H]1C. The second kappa shape index (κ2) is 20.6. The largest absolute Gasteiger partial charge is 0.470 e. The smallest absolute Gasteiger partial charge is 0.392 e. The van der Waals surface area contributed by atoms with E-state index in [-0.39, 0.29) is 47.9 Å². The molecule has 7 heterocycles. The van der Waals surface area contributed by atoms with Crippen molar-refractivity contribution in [1.82, 2.24) is 29.3 Å². The van der Waals surface area contributed by atoms with Gasteiger partial charge in [0.15, 0.2) is 0 Å². The molecule has 5 aromatic rings. The van der Waals surface area contributed by atoms with Crippen molar-refractivity contribution < 1.29 is 38.4 Å². The Morgan fingerprint density at radius 2 is 1.67 bits per heavy atom. The number of pyridine rings is 1. The van der Waals surface area contributed by atoms with Gasteiger partial charge in [0.1, 0.15) is 11.5 Å². The Balaban J connectivity index is 0.738. The summed E-state index contributed by atoms with van der Waals surface area (Å²) in [5.41, 5.74) is 9.98. The van der Waals surface area contributed by atoms with E-state index in [4.69, 9.17) is 9.51 Å². The first kappa shape index (κ1) is 53.5. The van der Waals surface area contributed by atoms with Gasteiger partial charge in [-0.15, -0.1) is 0 Å². The normalized spacial score (nSPS) is 24.3. The Morgan fingerprint density at radius 3 is 2.40 bits per heavy atom. The minimum atomic E-state index is -4.61. The second-order valence-electron chi connectivity index (χ2n) is 23.5. The molecule has 0 spiro atoms. The number of aliphatic hydroxyl groups is 1. The highest BCUT2D eigenvalue weighted by Gasteiger charge is 2.43. The number of benzene rings is 2. The van der Waals surface area contributed by atoms with Gasteiger partial charge >= 0.3 is 7.82 Å². The molecule has 4 aliphatic heterocycles. The molecule has 412 valence electrons. The number of nitrogens with zero attached hydrogens (tertiary/aromatic N) is 9. The van der Waals surface area contributed by atoms with E-state index in [1.165, 1.54) is 17.3 Å².